The molecule has 7 nitrogen and oxygen atoms in total. The maximum Gasteiger partial charge on any atom is 0.270 e. The maximum atomic E-state index is 12.7. The van der Waals surface area contributed by atoms with Crippen LogP contribution in [-0.4, -0.2) is 36.0 Å². The van der Waals surface area contributed by atoms with Gasteiger partial charge in [0.15, 0.2) is 0 Å². The van der Waals surface area contributed by atoms with Crippen LogP contribution in [0.4, 0.5) is 0 Å². The van der Waals surface area contributed by atoms with Gasteiger partial charge in [0, 0.05) is 23.0 Å². The molecule has 1 saturated carbocycles. The van der Waals surface area contributed by atoms with Crippen molar-refractivity contribution < 1.29 is 19.1 Å². The standard InChI is InChI=1S/C27H31N3O4S/c1-17-12-18(2)14-23(13-17)34-15-25-30-24(16-35-25)27(32)29-21-8-6-20(7-9-21)28-26(31)19-4-10-22(33-3)11-5-19/h4-5,10-14,16,20-21H,6-9,15H2,1-3H3,(H,28,31)(H,29,32). The van der Waals surface area contributed by atoms with Crippen molar-refractivity contribution in [2.45, 2.75) is 58.2 Å². The molecule has 4 rings (SSSR count). The number of nitrogens with one attached hydrogen (secondary N) is 2. The smallest absolute Gasteiger partial charge is 0.270 e. The molecule has 1 aliphatic rings. The number of rotatable bonds is 8. The summed E-state index contributed by atoms with van der Waals surface area (Å²) in [6.45, 7) is 4.40. The summed E-state index contributed by atoms with van der Waals surface area (Å²) >= 11 is 1.42. The number of amides is 2. The van der Waals surface area contributed by atoms with Crippen molar-refractivity contribution in [3.8, 4) is 11.5 Å². The van der Waals surface area contributed by atoms with Crippen molar-refractivity contribution in [1.82, 2.24) is 15.6 Å². The van der Waals surface area contributed by atoms with Crippen LogP contribution >= 0.6 is 11.3 Å². The third kappa shape index (κ3) is 6.82. The summed E-state index contributed by atoms with van der Waals surface area (Å²) in [6.07, 6.45) is 3.26. The molecule has 2 aromatic carbocycles. The number of carbonyl (C=O) groups is 2. The summed E-state index contributed by atoms with van der Waals surface area (Å²) in [5, 5.41) is 8.73. The lowest BCUT2D eigenvalue weighted by molar-refractivity contribution is 0.0889. The molecule has 0 aliphatic heterocycles. The van der Waals surface area contributed by atoms with Crippen molar-refractivity contribution in [3.05, 3.63) is 75.2 Å². The third-order valence-corrected chi connectivity index (χ3v) is 6.91. The number of hydrogen-bond acceptors (Lipinski definition) is 6. The monoisotopic (exact) mass is 493 g/mol. The second-order valence-electron chi connectivity index (χ2n) is 8.96. The average Bonchev–Trinajstić information content (AvgIpc) is 3.33. The molecule has 8 heteroatoms. The minimum atomic E-state index is -0.162. The van der Waals surface area contributed by atoms with Crippen molar-refractivity contribution in [2.75, 3.05) is 7.11 Å². The van der Waals surface area contributed by atoms with Crippen molar-refractivity contribution in [2.24, 2.45) is 0 Å². The fraction of sp³-hybridized carbons (Fsp3) is 0.370. The third-order valence-electron chi connectivity index (χ3n) is 6.09. The van der Waals surface area contributed by atoms with Crippen LogP contribution in [0.15, 0.2) is 47.8 Å². The van der Waals surface area contributed by atoms with E-state index in [0.717, 1.165) is 53.3 Å². The highest BCUT2D eigenvalue weighted by atomic mass is 32.1. The van der Waals surface area contributed by atoms with E-state index in [4.69, 9.17) is 9.47 Å². The molecule has 2 amide bonds. The Morgan fingerprint density at radius 3 is 2.11 bits per heavy atom. The molecule has 1 aromatic heterocycles. The van der Waals surface area contributed by atoms with E-state index >= 15 is 0 Å². The Kier molecular flexibility index (Phi) is 8.02. The first-order valence-corrected chi connectivity index (χ1v) is 12.7. The van der Waals surface area contributed by atoms with E-state index in [-0.39, 0.29) is 23.9 Å². The topological polar surface area (TPSA) is 89.6 Å². The van der Waals surface area contributed by atoms with Gasteiger partial charge < -0.3 is 20.1 Å². The number of aryl methyl sites for hydroxylation is 2. The van der Waals surface area contributed by atoms with E-state index in [2.05, 4.69) is 21.7 Å². The van der Waals surface area contributed by atoms with Gasteiger partial charge in [-0.1, -0.05) is 6.07 Å². The quantitative estimate of drug-likeness (QED) is 0.470. The number of nitrogens with zero attached hydrogens (tertiary/aromatic N) is 1. The fourth-order valence-electron chi connectivity index (χ4n) is 4.30. The molecule has 1 fully saturated rings. The van der Waals surface area contributed by atoms with Crippen LogP contribution in [-0.2, 0) is 6.61 Å². The molecular weight excluding hydrogens is 462 g/mol. The van der Waals surface area contributed by atoms with E-state index in [0.29, 0.717) is 17.9 Å². The van der Waals surface area contributed by atoms with Crippen molar-refractivity contribution >= 4 is 23.2 Å². The molecule has 0 spiro atoms. The van der Waals surface area contributed by atoms with Gasteiger partial charge in [-0.2, -0.15) is 0 Å². The number of hydrogen-bond donors (Lipinski definition) is 2. The second kappa shape index (κ2) is 11.4. The summed E-state index contributed by atoms with van der Waals surface area (Å²) in [6, 6.07) is 13.3. The first-order chi connectivity index (χ1) is 16.9. The number of ether oxygens (including phenoxy) is 2. The first kappa shape index (κ1) is 24.7. The lowest BCUT2D eigenvalue weighted by atomic mass is 9.91. The van der Waals surface area contributed by atoms with Gasteiger partial charge in [-0.25, -0.2) is 4.98 Å². The lowest BCUT2D eigenvalue weighted by Crippen LogP contribution is -2.43. The molecule has 0 saturated heterocycles. The van der Waals surface area contributed by atoms with E-state index in [1.165, 1.54) is 11.3 Å². The molecule has 3 aromatic rings. The van der Waals surface area contributed by atoms with Crippen molar-refractivity contribution in [3.63, 3.8) is 0 Å². The van der Waals surface area contributed by atoms with E-state index in [1.807, 2.05) is 26.0 Å². The predicted molar refractivity (Wildman–Crippen MR) is 136 cm³/mol. The molecule has 184 valence electrons. The highest BCUT2D eigenvalue weighted by Gasteiger charge is 2.25. The number of carbonyl (C=O) groups excluding carboxylic acids is 2. The molecule has 0 atom stereocenters. The molecule has 2 N–H and O–H groups in total. The summed E-state index contributed by atoms with van der Waals surface area (Å²) in [4.78, 5) is 29.6. The maximum absolute atomic E-state index is 12.7. The number of aromatic nitrogens is 1. The molecule has 0 bridgehead atoms. The van der Waals surface area contributed by atoms with Crippen LogP contribution in [0.5, 0.6) is 11.5 Å². The Bertz CT molecular complexity index is 1150. The zero-order chi connectivity index (χ0) is 24.8. The van der Waals surface area contributed by atoms with E-state index < -0.39 is 0 Å². The molecular formula is C27H31N3O4S. The fourth-order valence-corrected chi connectivity index (χ4v) is 4.98. The van der Waals surface area contributed by atoms with E-state index in [9.17, 15) is 9.59 Å². The Balaban J connectivity index is 1.21. The largest absolute Gasteiger partial charge is 0.497 e. The SMILES string of the molecule is COc1ccc(C(=O)NC2CCC(NC(=O)c3csc(COc4cc(C)cc(C)c4)n3)CC2)cc1. The Labute approximate surface area is 209 Å². The summed E-state index contributed by atoms with van der Waals surface area (Å²) < 4.78 is 11.0. The van der Waals surface area contributed by atoms with Gasteiger partial charge in [-0.05, 0) is 87.1 Å². The zero-order valence-corrected chi connectivity index (χ0v) is 21.1. The average molecular weight is 494 g/mol. The lowest BCUT2D eigenvalue weighted by Gasteiger charge is -2.29. The number of methoxy groups -OCH3 is 1. The van der Waals surface area contributed by atoms with Gasteiger partial charge in [0.2, 0.25) is 0 Å². The molecule has 1 heterocycles. The van der Waals surface area contributed by atoms with Crippen LogP contribution in [0.25, 0.3) is 0 Å². The molecule has 0 unspecified atom stereocenters. The molecule has 35 heavy (non-hydrogen) atoms. The van der Waals surface area contributed by atoms with Crippen LogP contribution in [0.1, 0.15) is 62.7 Å². The summed E-state index contributed by atoms with van der Waals surface area (Å²) in [7, 11) is 1.60. The Morgan fingerprint density at radius 1 is 0.914 bits per heavy atom. The minimum Gasteiger partial charge on any atom is -0.497 e. The predicted octanol–water partition coefficient (Wildman–Crippen LogP) is 4.82. The van der Waals surface area contributed by atoms with Gasteiger partial charge in [0.25, 0.3) is 11.8 Å². The highest BCUT2D eigenvalue weighted by Crippen LogP contribution is 2.22. The van der Waals surface area contributed by atoms with Crippen LogP contribution in [0.3, 0.4) is 0 Å². The zero-order valence-electron chi connectivity index (χ0n) is 20.3. The second-order valence-corrected chi connectivity index (χ2v) is 9.91. The molecule has 0 radical (unpaired) electrons. The number of thiazole rings is 1. The molecule has 1 aliphatic carbocycles. The Morgan fingerprint density at radius 2 is 1.51 bits per heavy atom. The van der Waals surface area contributed by atoms with Gasteiger partial charge in [0.1, 0.15) is 28.8 Å². The normalized spacial score (nSPS) is 17.5. The van der Waals surface area contributed by atoms with Gasteiger partial charge in [-0.3, -0.25) is 9.59 Å². The summed E-state index contributed by atoms with van der Waals surface area (Å²) in [5.74, 6) is 1.28. The minimum absolute atomic E-state index is 0.0771. The highest BCUT2D eigenvalue weighted by molar-refractivity contribution is 7.09. The van der Waals surface area contributed by atoms with Gasteiger partial charge in [0.05, 0.1) is 7.11 Å². The van der Waals surface area contributed by atoms with Crippen LogP contribution in [0, 0.1) is 13.8 Å². The summed E-state index contributed by atoms with van der Waals surface area (Å²) in [5.41, 5.74) is 3.33. The number of benzene rings is 2. The van der Waals surface area contributed by atoms with Gasteiger partial charge in [-0.15, -0.1) is 11.3 Å². The van der Waals surface area contributed by atoms with E-state index in [1.54, 1.807) is 36.8 Å². The van der Waals surface area contributed by atoms with Crippen LogP contribution in [0.2, 0.25) is 0 Å². The Hall–Kier alpha value is -3.39. The van der Waals surface area contributed by atoms with Crippen LogP contribution < -0.4 is 20.1 Å². The van der Waals surface area contributed by atoms with Gasteiger partial charge >= 0.3 is 0 Å². The van der Waals surface area contributed by atoms with Crippen molar-refractivity contribution in [1.29, 1.82) is 0 Å². The first-order valence-electron chi connectivity index (χ1n) is 11.8.